The van der Waals surface area contributed by atoms with Crippen molar-refractivity contribution in [1.82, 2.24) is 0 Å². The zero-order valence-electron chi connectivity index (χ0n) is 6.03. The second kappa shape index (κ2) is 2.22. The molecule has 3 heteroatoms. The van der Waals surface area contributed by atoms with Crippen molar-refractivity contribution in [2.24, 2.45) is 11.8 Å². The summed E-state index contributed by atoms with van der Waals surface area (Å²) in [6.45, 7) is 0. The standard InChI is InChI=1S/C8H8N2O/c9-3-5-1-7-8(11-7)2-6(5)4-10/h5-8H,1-2H2/t5-,6-,7-,8+/m0/s1. The van der Waals surface area contributed by atoms with E-state index in [0.29, 0.717) is 12.2 Å². The van der Waals surface area contributed by atoms with E-state index in [2.05, 4.69) is 12.1 Å². The summed E-state index contributed by atoms with van der Waals surface area (Å²) in [4.78, 5) is 0. The Bertz CT molecular complexity index is 224. The fourth-order valence-electron chi connectivity index (χ4n) is 1.71. The highest BCUT2D eigenvalue weighted by Gasteiger charge is 2.48. The van der Waals surface area contributed by atoms with Gasteiger partial charge in [0.2, 0.25) is 0 Å². The molecule has 0 radical (unpaired) electrons. The number of hydrogen-bond acceptors (Lipinski definition) is 3. The van der Waals surface area contributed by atoms with E-state index in [-0.39, 0.29) is 11.8 Å². The summed E-state index contributed by atoms with van der Waals surface area (Å²) in [6, 6.07) is 4.32. The van der Waals surface area contributed by atoms with Crippen LogP contribution in [0.3, 0.4) is 0 Å². The van der Waals surface area contributed by atoms with Gasteiger partial charge in [-0.15, -0.1) is 0 Å². The number of epoxide rings is 1. The molecule has 0 spiro atoms. The van der Waals surface area contributed by atoms with Crippen LogP contribution in [0.15, 0.2) is 0 Å². The number of rotatable bonds is 0. The normalized spacial score (nSPS) is 46.7. The molecule has 2 rings (SSSR count). The molecule has 56 valence electrons. The van der Waals surface area contributed by atoms with Crippen molar-refractivity contribution >= 4 is 0 Å². The van der Waals surface area contributed by atoms with Crippen LogP contribution in [-0.2, 0) is 4.74 Å². The van der Waals surface area contributed by atoms with Crippen molar-refractivity contribution in [3.8, 4) is 12.1 Å². The number of nitriles is 2. The summed E-state index contributed by atoms with van der Waals surface area (Å²) >= 11 is 0. The Balaban J connectivity index is 2.08. The molecular formula is C8H8N2O. The molecule has 1 aliphatic carbocycles. The summed E-state index contributed by atoms with van der Waals surface area (Å²) < 4.78 is 5.24. The zero-order valence-corrected chi connectivity index (χ0v) is 6.03. The summed E-state index contributed by atoms with van der Waals surface area (Å²) in [5.41, 5.74) is 0. The lowest BCUT2D eigenvalue weighted by Crippen LogP contribution is -2.21. The van der Waals surface area contributed by atoms with Crippen molar-refractivity contribution in [3.05, 3.63) is 0 Å². The highest BCUT2D eigenvalue weighted by atomic mass is 16.6. The first-order chi connectivity index (χ1) is 5.35. The van der Waals surface area contributed by atoms with Gasteiger partial charge in [-0.25, -0.2) is 0 Å². The molecule has 11 heavy (non-hydrogen) atoms. The van der Waals surface area contributed by atoms with Gasteiger partial charge in [-0.2, -0.15) is 10.5 Å². The molecule has 0 aromatic rings. The van der Waals surface area contributed by atoms with E-state index in [4.69, 9.17) is 15.3 Å². The van der Waals surface area contributed by atoms with Gasteiger partial charge in [0.05, 0.1) is 36.2 Å². The largest absolute Gasteiger partial charge is 0.369 e. The summed E-state index contributed by atoms with van der Waals surface area (Å²) in [5, 5.41) is 17.3. The lowest BCUT2D eigenvalue weighted by molar-refractivity contribution is 0.370. The molecule has 0 aromatic carbocycles. The topological polar surface area (TPSA) is 60.1 Å². The Morgan fingerprint density at radius 2 is 1.45 bits per heavy atom. The SMILES string of the molecule is N#C[C@@H]1C[C@@H]2O[C@@H]2C[C@H]1C#N. The molecule has 4 atom stereocenters. The summed E-state index contributed by atoms with van der Waals surface area (Å²) in [7, 11) is 0. The smallest absolute Gasteiger partial charge is 0.0855 e. The summed E-state index contributed by atoms with van der Waals surface area (Å²) in [5.74, 6) is -0.188. The van der Waals surface area contributed by atoms with Crippen molar-refractivity contribution in [1.29, 1.82) is 10.5 Å². The van der Waals surface area contributed by atoms with Gasteiger partial charge >= 0.3 is 0 Å². The van der Waals surface area contributed by atoms with Crippen LogP contribution in [0, 0.1) is 34.5 Å². The maximum atomic E-state index is 8.67. The highest BCUT2D eigenvalue weighted by Crippen LogP contribution is 2.42. The fourth-order valence-corrected chi connectivity index (χ4v) is 1.71. The van der Waals surface area contributed by atoms with Gasteiger partial charge in [0.15, 0.2) is 0 Å². The zero-order chi connectivity index (χ0) is 7.84. The predicted octanol–water partition coefficient (Wildman–Crippen LogP) is 0.827. The lowest BCUT2D eigenvalue weighted by Gasteiger charge is -2.16. The van der Waals surface area contributed by atoms with E-state index in [1.54, 1.807) is 0 Å². The fraction of sp³-hybridized carbons (Fsp3) is 0.750. The average Bonchev–Trinajstić information content (AvgIpc) is 2.79. The first-order valence-electron chi connectivity index (χ1n) is 3.80. The first kappa shape index (κ1) is 6.64. The third-order valence-electron chi connectivity index (χ3n) is 2.48. The minimum Gasteiger partial charge on any atom is -0.369 e. The number of hydrogen-bond donors (Lipinski definition) is 0. The quantitative estimate of drug-likeness (QED) is 0.478. The van der Waals surface area contributed by atoms with Crippen LogP contribution in [0.25, 0.3) is 0 Å². The molecule has 0 bridgehead atoms. The highest BCUT2D eigenvalue weighted by molar-refractivity contribution is 5.08. The molecule has 2 aliphatic rings. The van der Waals surface area contributed by atoms with Gasteiger partial charge in [0, 0.05) is 0 Å². The third-order valence-corrected chi connectivity index (χ3v) is 2.48. The maximum absolute atomic E-state index is 8.67. The van der Waals surface area contributed by atoms with E-state index in [9.17, 15) is 0 Å². The van der Waals surface area contributed by atoms with E-state index >= 15 is 0 Å². The van der Waals surface area contributed by atoms with Crippen LogP contribution < -0.4 is 0 Å². The molecule has 1 saturated heterocycles. The molecule has 1 saturated carbocycles. The number of nitrogens with zero attached hydrogens (tertiary/aromatic N) is 2. The second-order valence-electron chi connectivity index (χ2n) is 3.16. The van der Waals surface area contributed by atoms with E-state index < -0.39 is 0 Å². The van der Waals surface area contributed by atoms with Gasteiger partial charge in [0.1, 0.15) is 0 Å². The van der Waals surface area contributed by atoms with Crippen LogP contribution in [0.4, 0.5) is 0 Å². The molecule has 1 aliphatic heterocycles. The Hall–Kier alpha value is -1.06. The molecule has 3 nitrogen and oxygen atoms in total. The van der Waals surface area contributed by atoms with Crippen molar-refractivity contribution in [2.75, 3.05) is 0 Å². The number of ether oxygens (including phenoxy) is 1. The Kier molecular flexibility index (Phi) is 1.34. The Labute approximate surface area is 65.2 Å². The minimum absolute atomic E-state index is 0.0938. The molecular weight excluding hydrogens is 140 g/mol. The van der Waals surface area contributed by atoms with Crippen molar-refractivity contribution in [3.63, 3.8) is 0 Å². The van der Waals surface area contributed by atoms with Gasteiger partial charge < -0.3 is 4.74 Å². The van der Waals surface area contributed by atoms with E-state index in [0.717, 1.165) is 12.8 Å². The van der Waals surface area contributed by atoms with Crippen molar-refractivity contribution in [2.45, 2.75) is 25.0 Å². The van der Waals surface area contributed by atoms with E-state index in [1.807, 2.05) is 0 Å². The molecule has 0 N–H and O–H groups in total. The van der Waals surface area contributed by atoms with Crippen molar-refractivity contribution < 1.29 is 4.74 Å². The third kappa shape index (κ3) is 0.982. The molecule has 1 heterocycles. The molecule has 0 amide bonds. The van der Waals surface area contributed by atoms with Crippen LogP contribution in [-0.4, -0.2) is 12.2 Å². The number of fused-ring (bicyclic) bond motifs is 1. The van der Waals surface area contributed by atoms with Gasteiger partial charge in [-0.3, -0.25) is 0 Å². The van der Waals surface area contributed by atoms with Crippen LogP contribution in [0.1, 0.15) is 12.8 Å². The van der Waals surface area contributed by atoms with Gasteiger partial charge in [0.25, 0.3) is 0 Å². The van der Waals surface area contributed by atoms with Crippen LogP contribution in [0.5, 0.6) is 0 Å². The maximum Gasteiger partial charge on any atom is 0.0855 e. The van der Waals surface area contributed by atoms with Crippen LogP contribution >= 0.6 is 0 Å². The van der Waals surface area contributed by atoms with Gasteiger partial charge in [-0.05, 0) is 12.8 Å². The van der Waals surface area contributed by atoms with Crippen LogP contribution in [0.2, 0.25) is 0 Å². The molecule has 2 fully saturated rings. The lowest BCUT2D eigenvalue weighted by atomic mass is 9.81. The first-order valence-corrected chi connectivity index (χ1v) is 3.80. The average molecular weight is 148 g/mol. The minimum atomic E-state index is -0.0938. The molecule has 0 aromatic heterocycles. The Morgan fingerprint density at radius 1 is 1.00 bits per heavy atom. The molecule has 0 unspecified atom stereocenters. The summed E-state index contributed by atoms with van der Waals surface area (Å²) in [6.07, 6.45) is 2.12. The Morgan fingerprint density at radius 3 is 1.82 bits per heavy atom. The predicted molar refractivity (Wildman–Crippen MR) is 36.1 cm³/mol. The van der Waals surface area contributed by atoms with E-state index in [1.165, 1.54) is 0 Å². The van der Waals surface area contributed by atoms with Gasteiger partial charge in [-0.1, -0.05) is 0 Å². The monoisotopic (exact) mass is 148 g/mol. The second-order valence-corrected chi connectivity index (χ2v) is 3.16.